The van der Waals surface area contributed by atoms with Crippen LogP contribution < -0.4 is 4.72 Å². The molecule has 6 heteroatoms. The molecule has 0 aliphatic heterocycles. The SMILES string of the molecule is CS(=O)(=O)Nc1cccc(C=Cc2n[nH]c3ccccc23)c1. The third-order valence-electron chi connectivity index (χ3n) is 3.12. The number of benzene rings is 2. The Morgan fingerprint density at radius 2 is 1.91 bits per heavy atom. The second-order valence-corrected chi connectivity index (χ2v) is 6.74. The van der Waals surface area contributed by atoms with E-state index in [0.717, 1.165) is 28.4 Å². The lowest BCUT2D eigenvalue weighted by atomic mass is 10.1. The lowest BCUT2D eigenvalue weighted by Gasteiger charge is -2.04. The number of aromatic nitrogens is 2. The standard InChI is InChI=1S/C16H15N3O2S/c1-22(20,21)19-13-6-4-5-12(11-13)9-10-16-14-7-2-3-8-15(14)17-18-16/h2-11,19H,1H3,(H,17,18). The van der Waals surface area contributed by atoms with Crippen LogP contribution in [0.2, 0.25) is 0 Å². The van der Waals surface area contributed by atoms with Crippen LogP contribution in [0.5, 0.6) is 0 Å². The minimum Gasteiger partial charge on any atom is -0.284 e. The Balaban J connectivity index is 1.88. The molecule has 0 radical (unpaired) electrons. The second kappa shape index (κ2) is 5.65. The van der Waals surface area contributed by atoms with Gasteiger partial charge in [0, 0.05) is 11.1 Å². The number of fused-ring (bicyclic) bond motifs is 1. The van der Waals surface area contributed by atoms with E-state index in [0.29, 0.717) is 5.69 Å². The zero-order valence-electron chi connectivity index (χ0n) is 11.9. The molecule has 0 unspecified atom stereocenters. The zero-order chi connectivity index (χ0) is 15.6. The summed E-state index contributed by atoms with van der Waals surface area (Å²) in [5.74, 6) is 0. The maximum Gasteiger partial charge on any atom is 0.229 e. The molecule has 2 N–H and O–H groups in total. The van der Waals surface area contributed by atoms with Gasteiger partial charge in [0.1, 0.15) is 0 Å². The highest BCUT2D eigenvalue weighted by Gasteiger charge is 2.03. The molecule has 0 fully saturated rings. The van der Waals surface area contributed by atoms with E-state index in [-0.39, 0.29) is 0 Å². The first-order valence-electron chi connectivity index (χ1n) is 6.70. The summed E-state index contributed by atoms with van der Waals surface area (Å²) in [5.41, 5.74) is 3.25. The number of hydrogen-bond donors (Lipinski definition) is 2. The van der Waals surface area contributed by atoms with E-state index in [1.807, 2.05) is 42.5 Å². The zero-order valence-corrected chi connectivity index (χ0v) is 12.8. The van der Waals surface area contributed by atoms with Crippen molar-refractivity contribution in [1.82, 2.24) is 10.2 Å². The molecule has 1 aromatic heterocycles. The van der Waals surface area contributed by atoms with Gasteiger partial charge in [0.15, 0.2) is 0 Å². The number of rotatable bonds is 4. The first-order valence-corrected chi connectivity index (χ1v) is 8.59. The number of para-hydroxylation sites is 1. The topological polar surface area (TPSA) is 74.8 Å². The van der Waals surface area contributed by atoms with Gasteiger partial charge in [-0.2, -0.15) is 5.10 Å². The molecule has 3 aromatic rings. The van der Waals surface area contributed by atoms with Gasteiger partial charge in [0.2, 0.25) is 10.0 Å². The Hall–Kier alpha value is -2.60. The summed E-state index contributed by atoms with van der Waals surface area (Å²) in [6, 6.07) is 15.1. The smallest absolute Gasteiger partial charge is 0.229 e. The third kappa shape index (κ3) is 3.35. The van der Waals surface area contributed by atoms with Crippen LogP contribution >= 0.6 is 0 Å². The fraction of sp³-hybridized carbons (Fsp3) is 0.0625. The van der Waals surface area contributed by atoms with E-state index in [1.165, 1.54) is 0 Å². The summed E-state index contributed by atoms with van der Waals surface area (Å²) in [4.78, 5) is 0. The van der Waals surface area contributed by atoms with Crippen LogP contribution in [0.1, 0.15) is 11.3 Å². The molecule has 1 heterocycles. The van der Waals surface area contributed by atoms with Crippen molar-refractivity contribution in [3.8, 4) is 0 Å². The normalized spacial score (nSPS) is 12.0. The number of hydrogen-bond acceptors (Lipinski definition) is 3. The van der Waals surface area contributed by atoms with Crippen LogP contribution in [0.25, 0.3) is 23.1 Å². The van der Waals surface area contributed by atoms with E-state index < -0.39 is 10.0 Å². The lowest BCUT2D eigenvalue weighted by Crippen LogP contribution is -2.09. The molecule has 3 rings (SSSR count). The van der Waals surface area contributed by atoms with Gasteiger partial charge in [-0.25, -0.2) is 8.42 Å². The predicted molar refractivity (Wildman–Crippen MR) is 89.9 cm³/mol. The van der Waals surface area contributed by atoms with Crippen molar-refractivity contribution in [2.75, 3.05) is 11.0 Å². The van der Waals surface area contributed by atoms with Crippen molar-refractivity contribution in [1.29, 1.82) is 0 Å². The van der Waals surface area contributed by atoms with Crippen LogP contribution in [0, 0.1) is 0 Å². The summed E-state index contributed by atoms with van der Waals surface area (Å²) in [6.07, 6.45) is 4.93. The number of anilines is 1. The van der Waals surface area contributed by atoms with Crippen molar-refractivity contribution in [2.24, 2.45) is 0 Å². The van der Waals surface area contributed by atoms with Crippen LogP contribution in [0.4, 0.5) is 5.69 Å². The van der Waals surface area contributed by atoms with Gasteiger partial charge < -0.3 is 0 Å². The summed E-state index contributed by atoms with van der Waals surface area (Å²) in [7, 11) is -3.27. The Morgan fingerprint density at radius 3 is 2.73 bits per heavy atom. The van der Waals surface area contributed by atoms with E-state index in [9.17, 15) is 8.42 Å². The number of sulfonamides is 1. The van der Waals surface area contributed by atoms with Crippen molar-refractivity contribution in [2.45, 2.75) is 0 Å². The molecule has 0 spiro atoms. The van der Waals surface area contributed by atoms with Crippen molar-refractivity contribution in [3.05, 3.63) is 59.8 Å². The number of nitrogens with zero attached hydrogens (tertiary/aromatic N) is 1. The van der Waals surface area contributed by atoms with Gasteiger partial charge in [-0.05, 0) is 29.8 Å². The Kier molecular flexibility index (Phi) is 3.68. The highest BCUT2D eigenvalue weighted by Crippen LogP contribution is 2.19. The van der Waals surface area contributed by atoms with Crippen LogP contribution in [-0.2, 0) is 10.0 Å². The summed E-state index contributed by atoms with van der Waals surface area (Å²) in [6.45, 7) is 0. The Labute approximate surface area is 128 Å². The molecule has 2 aromatic carbocycles. The fourth-order valence-electron chi connectivity index (χ4n) is 2.21. The summed E-state index contributed by atoms with van der Waals surface area (Å²) >= 11 is 0. The molecule has 22 heavy (non-hydrogen) atoms. The predicted octanol–water partition coefficient (Wildman–Crippen LogP) is 3.10. The Morgan fingerprint density at radius 1 is 1.09 bits per heavy atom. The number of aromatic amines is 1. The quantitative estimate of drug-likeness (QED) is 0.777. The molecule has 0 saturated carbocycles. The monoisotopic (exact) mass is 313 g/mol. The van der Waals surface area contributed by atoms with E-state index in [4.69, 9.17) is 0 Å². The van der Waals surface area contributed by atoms with Gasteiger partial charge in [-0.1, -0.05) is 36.4 Å². The number of nitrogens with one attached hydrogen (secondary N) is 2. The molecule has 0 aliphatic rings. The molecule has 0 amide bonds. The minimum atomic E-state index is -3.27. The van der Waals surface area contributed by atoms with Gasteiger partial charge in [-0.15, -0.1) is 0 Å². The van der Waals surface area contributed by atoms with Crippen LogP contribution in [0.15, 0.2) is 48.5 Å². The van der Waals surface area contributed by atoms with Crippen molar-refractivity contribution >= 4 is 38.8 Å². The third-order valence-corrected chi connectivity index (χ3v) is 3.73. The van der Waals surface area contributed by atoms with Gasteiger partial charge in [-0.3, -0.25) is 9.82 Å². The highest BCUT2D eigenvalue weighted by atomic mass is 32.2. The Bertz CT molecular complexity index is 943. The second-order valence-electron chi connectivity index (χ2n) is 4.99. The van der Waals surface area contributed by atoms with Crippen LogP contribution in [0.3, 0.4) is 0 Å². The van der Waals surface area contributed by atoms with Crippen molar-refractivity contribution in [3.63, 3.8) is 0 Å². The van der Waals surface area contributed by atoms with E-state index in [2.05, 4.69) is 14.9 Å². The molecule has 5 nitrogen and oxygen atoms in total. The summed E-state index contributed by atoms with van der Waals surface area (Å²) < 4.78 is 25.0. The van der Waals surface area contributed by atoms with Gasteiger partial charge in [0.25, 0.3) is 0 Å². The molecule has 0 atom stereocenters. The maximum atomic E-state index is 11.3. The highest BCUT2D eigenvalue weighted by molar-refractivity contribution is 7.92. The fourth-order valence-corrected chi connectivity index (χ4v) is 2.76. The average molecular weight is 313 g/mol. The van der Waals surface area contributed by atoms with Crippen LogP contribution in [-0.4, -0.2) is 24.9 Å². The molecular weight excluding hydrogens is 298 g/mol. The molecule has 0 bridgehead atoms. The molecular formula is C16H15N3O2S. The van der Waals surface area contributed by atoms with E-state index in [1.54, 1.807) is 18.2 Å². The van der Waals surface area contributed by atoms with Gasteiger partial charge in [0.05, 0.1) is 17.5 Å². The van der Waals surface area contributed by atoms with E-state index >= 15 is 0 Å². The molecule has 112 valence electrons. The first-order chi connectivity index (χ1) is 10.5. The van der Waals surface area contributed by atoms with Gasteiger partial charge >= 0.3 is 0 Å². The first kappa shape index (κ1) is 14.3. The maximum absolute atomic E-state index is 11.3. The molecule has 0 saturated heterocycles. The molecule has 0 aliphatic carbocycles. The average Bonchev–Trinajstić information content (AvgIpc) is 2.87. The largest absolute Gasteiger partial charge is 0.284 e. The van der Waals surface area contributed by atoms with Crippen molar-refractivity contribution < 1.29 is 8.42 Å². The summed E-state index contributed by atoms with van der Waals surface area (Å²) in [5, 5.41) is 8.29. The minimum absolute atomic E-state index is 0.538. The number of H-pyrrole nitrogens is 1. The lowest BCUT2D eigenvalue weighted by molar-refractivity contribution is 0.607.